The minimum Gasteiger partial charge on any atom is -0.413 e. The van der Waals surface area contributed by atoms with E-state index in [0.717, 1.165) is 42.4 Å². The van der Waals surface area contributed by atoms with Crippen molar-refractivity contribution in [2.24, 2.45) is 17.3 Å². The topological polar surface area (TPSA) is 44.8 Å². The average Bonchev–Trinajstić information content (AvgIpc) is 3.28. The number of rotatable bonds is 8. The van der Waals surface area contributed by atoms with Crippen molar-refractivity contribution < 1.29 is 18.7 Å². The number of hydrogen-bond acceptors (Lipinski definition) is 4. The summed E-state index contributed by atoms with van der Waals surface area (Å²) >= 11 is 0. The lowest BCUT2D eigenvalue weighted by molar-refractivity contribution is -0.212. The summed E-state index contributed by atoms with van der Waals surface area (Å²) in [6.07, 6.45) is 3.44. The molecule has 44 heavy (non-hydrogen) atoms. The molecule has 0 radical (unpaired) electrons. The molecule has 6 rings (SSSR count). The fourth-order valence-electron chi connectivity index (χ4n) is 8.33. The van der Waals surface area contributed by atoms with Crippen LogP contribution in [-0.2, 0) is 24.3 Å². The molecule has 3 fully saturated rings. The van der Waals surface area contributed by atoms with E-state index in [9.17, 15) is 4.79 Å². The maximum atomic E-state index is 14.6. The van der Waals surface area contributed by atoms with E-state index < -0.39 is 24.9 Å². The van der Waals surface area contributed by atoms with Crippen molar-refractivity contribution in [1.82, 2.24) is 0 Å². The minimum atomic E-state index is -2.09. The van der Waals surface area contributed by atoms with E-state index >= 15 is 0 Å². The summed E-state index contributed by atoms with van der Waals surface area (Å²) in [7, 11) is -2.09. The number of ketones is 1. The highest BCUT2D eigenvalue weighted by atomic mass is 28.4. The summed E-state index contributed by atoms with van der Waals surface area (Å²) in [4.78, 5) is 14.6. The van der Waals surface area contributed by atoms with Gasteiger partial charge in [0, 0.05) is 17.3 Å². The van der Waals surface area contributed by atoms with Crippen molar-refractivity contribution in [3.63, 3.8) is 0 Å². The van der Waals surface area contributed by atoms with E-state index in [2.05, 4.69) is 121 Å². The third kappa shape index (κ3) is 4.86. The van der Waals surface area contributed by atoms with Crippen LogP contribution in [0.1, 0.15) is 77.0 Å². The summed E-state index contributed by atoms with van der Waals surface area (Å²) < 4.78 is 21.6. The van der Waals surface area contributed by atoms with E-state index in [4.69, 9.17) is 13.9 Å². The number of hydrogen-bond donors (Lipinski definition) is 0. The first-order chi connectivity index (χ1) is 20.8. The van der Waals surface area contributed by atoms with E-state index in [1.807, 2.05) is 18.2 Å². The molecular formula is C39H50O4Si. The number of fused-ring (bicyclic) bond motifs is 1. The molecule has 0 N–H and O–H groups in total. The van der Waals surface area contributed by atoms with Gasteiger partial charge in [0.1, 0.15) is 11.2 Å². The third-order valence-electron chi connectivity index (χ3n) is 11.6. The molecule has 0 aromatic heterocycles. The molecule has 3 aromatic carbocycles. The van der Waals surface area contributed by atoms with Crippen molar-refractivity contribution >= 4 is 14.1 Å². The molecule has 1 aliphatic carbocycles. The first-order valence-electron chi connectivity index (χ1n) is 16.6. The van der Waals surface area contributed by atoms with Crippen molar-refractivity contribution in [3.05, 3.63) is 108 Å². The second kappa shape index (κ2) is 11.3. The van der Waals surface area contributed by atoms with Crippen molar-refractivity contribution in [1.29, 1.82) is 0 Å². The van der Waals surface area contributed by atoms with Gasteiger partial charge in [-0.2, -0.15) is 0 Å². The number of carbonyl (C=O) groups excluding carboxylic acids is 1. The Morgan fingerprint density at radius 1 is 0.841 bits per heavy atom. The zero-order chi connectivity index (χ0) is 31.4. The van der Waals surface area contributed by atoms with Crippen LogP contribution in [0.5, 0.6) is 0 Å². The van der Waals surface area contributed by atoms with Crippen LogP contribution in [0.3, 0.4) is 0 Å². The van der Waals surface area contributed by atoms with Gasteiger partial charge >= 0.3 is 0 Å². The Labute approximate surface area is 265 Å². The standard InChI is InChI=1S/C39H50O4Si/c1-28-25-33-26-37(5)34(43-44(6,7)36(2,3)4)24-23-32(39(37,42-33)35(28)40)27-41-38(29-17-11-8-12-18-29,30-19-13-9-14-20-30)31-21-15-10-16-22-31/h8-22,28,32-34H,23-27H2,1-7H3/t28-,32+,33-,34-,37+,39+/m0/s1. The molecule has 1 spiro atoms. The lowest BCUT2D eigenvalue weighted by atomic mass is 9.56. The lowest BCUT2D eigenvalue weighted by Crippen LogP contribution is -2.67. The van der Waals surface area contributed by atoms with Gasteiger partial charge in [0.25, 0.3) is 0 Å². The maximum absolute atomic E-state index is 14.6. The van der Waals surface area contributed by atoms with Crippen molar-refractivity contribution in [2.45, 2.75) is 102 Å². The predicted octanol–water partition coefficient (Wildman–Crippen LogP) is 8.94. The van der Waals surface area contributed by atoms with Crippen LogP contribution in [-0.4, -0.2) is 38.5 Å². The molecule has 4 nitrogen and oxygen atoms in total. The molecule has 6 atom stereocenters. The minimum absolute atomic E-state index is 0.0129. The van der Waals surface area contributed by atoms with Crippen LogP contribution in [0.4, 0.5) is 0 Å². The van der Waals surface area contributed by atoms with Gasteiger partial charge in [-0.05, 0) is 60.5 Å². The summed E-state index contributed by atoms with van der Waals surface area (Å²) in [5, 5.41) is 0.0863. The van der Waals surface area contributed by atoms with Gasteiger partial charge in [-0.25, -0.2) is 0 Å². The van der Waals surface area contributed by atoms with Gasteiger partial charge in [0.2, 0.25) is 0 Å². The monoisotopic (exact) mass is 610 g/mol. The van der Waals surface area contributed by atoms with E-state index in [1.165, 1.54) is 0 Å². The first-order valence-corrected chi connectivity index (χ1v) is 19.5. The molecule has 2 saturated heterocycles. The molecule has 0 unspecified atom stereocenters. The Morgan fingerprint density at radius 3 is 1.82 bits per heavy atom. The van der Waals surface area contributed by atoms with Gasteiger partial charge in [-0.15, -0.1) is 0 Å². The fraction of sp³-hybridized carbons (Fsp3) is 0.513. The highest BCUT2D eigenvalue weighted by Gasteiger charge is 2.72. The van der Waals surface area contributed by atoms with Crippen LogP contribution in [0, 0.1) is 17.3 Å². The van der Waals surface area contributed by atoms with Crippen LogP contribution in [0.2, 0.25) is 18.1 Å². The van der Waals surface area contributed by atoms with Crippen molar-refractivity contribution in [2.75, 3.05) is 6.61 Å². The normalized spacial score (nSPS) is 30.7. The highest BCUT2D eigenvalue weighted by Crippen LogP contribution is 2.63. The van der Waals surface area contributed by atoms with Crippen LogP contribution < -0.4 is 0 Å². The second-order valence-corrected chi connectivity index (χ2v) is 20.1. The molecule has 234 valence electrons. The summed E-state index contributed by atoms with van der Waals surface area (Å²) in [5.74, 6) is 0.130. The zero-order valence-electron chi connectivity index (χ0n) is 27.6. The Kier molecular flexibility index (Phi) is 8.10. The fourth-order valence-corrected chi connectivity index (χ4v) is 9.77. The number of carbonyl (C=O) groups is 1. The molecule has 5 heteroatoms. The zero-order valence-corrected chi connectivity index (χ0v) is 28.6. The maximum Gasteiger partial charge on any atom is 0.192 e. The summed E-state index contributed by atoms with van der Waals surface area (Å²) in [6, 6.07) is 31.5. The highest BCUT2D eigenvalue weighted by molar-refractivity contribution is 6.74. The lowest BCUT2D eigenvalue weighted by Gasteiger charge is -2.57. The van der Waals surface area contributed by atoms with Gasteiger partial charge in [0.05, 0.1) is 18.8 Å². The Balaban J connectivity index is 1.43. The van der Waals surface area contributed by atoms with Gasteiger partial charge in [0.15, 0.2) is 14.1 Å². The summed E-state index contributed by atoms with van der Waals surface area (Å²) in [5.41, 5.74) is 1.04. The molecule has 3 aliphatic rings. The van der Waals surface area contributed by atoms with Crippen LogP contribution in [0.25, 0.3) is 0 Å². The van der Waals surface area contributed by atoms with Crippen LogP contribution >= 0.6 is 0 Å². The Hall–Kier alpha value is -2.57. The SMILES string of the molecule is C[C@H]1C[C@H]2C[C@]3(C)[C@@H](O[Si](C)(C)C(C)(C)C)CC[C@H](COC(c4ccccc4)(c4ccccc4)c4ccccc4)[C@@]3(O2)C1=O. The molecule has 2 bridgehead atoms. The quantitative estimate of drug-likeness (QED) is 0.189. The summed E-state index contributed by atoms with van der Waals surface area (Å²) in [6.45, 7) is 16.4. The van der Waals surface area contributed by atoms with Gasteiger partial charge in [-0.3, -0.25) is 4.79 Å². The number of benzene rings is 3. The molecule has 3 aromatic rings. The Morgan fingerprint density at radius 2 is 1.34 bits per heavy atom. The number of Topliss-reactive ketones (excluding diaryl/α,β-unsaturated/α-hetero) is 1. The molecule has 1 saturated carbocycles. The molecule has 2 aliphatic heterocycles. The van der Waals surface area contributed by atoms with E-state index in [0.29, 0.717) is 6.61 Å². The molecular weight excluding hydrogens is 561 g/mol. The molecule has 0 amide bonds. The molecule has 2 heterocycles. The average molecular weight is 611 g/mol. The van der Waals surface area contributed by atoms with Crippen LogP contribution in [0.15, 0.2) is 91.0 Å². The van der Waals surface area contributed by atoms with E-state index in [1.54, 1.807) is 0 Å². The smallest absolute Gasteiger partial charge is 0.192 e. The first kappa shape index (κ1) is 31.4. The van der Waals surface area contributed by atoms with Gasteiger partial charge in [-0.1, -0.05) is 126 Å². The van der Waals surface area contributed by atoms with Gasteiger partial charge < -0.3 is 13.9 Å². The second-order valence-electron chi connectivity index (χ2n) is 15.3. The van der Waals surface area contributed by atoms with E-state index in [-0.39, 0.29) is 34.9 Å². The number of ether oxygens (including phenoxy) is 2. The predicted molar refractivity (Wildman–Crippen MR) is 179 cm³/mol. The Bertz CT molecular complexity index is 1350. The third-order valence-corrected chi connectivity index (χ3v) is 16.1. The largest absolute Gasteiger partial charge is 0.413 e. The van der Waals surface area contributed by atoms with Crippen molar-refractivity contribution in [3.8, 4) is 0 Å².